The summed E-state index contributed by atoms with van der Waals surface area (Å²) in [5.74, 6) is -0.259. The van der Waals surface area contributed by atoms with Crippen LogP contribution in [0.1, 0.15) is 24.2 Å². The molecule has 4 aromatic carbocycles. The van der Waals surface area contributed by atoms with Crippen LogP contribution in [0.25, 0.3) is 32.7 Å². The van der Waals surface area contributed by atoms with E-state index < -0.39 is 0 Å². The lowest BCUT2D eigenvalue weighted by atomic mass is 9.99. The molecule has 120 valence electrons. The van der Waals surface area contributed by atoms with Gasteiger partial charge >= 0.3 is 5.97 Å². The summed E-state index contributed by atoms with van der Waals surface area (Å²) in [6.45, 7) is 1.47. The third-order valence-corrected chi connectivity index (χ3v) is 4.97. The highest BCUT2D eigenvalue weighted by Gasteiger charge is 2.31. The zero-order valence-corrected chi connectivity index (χ0v) is 13.8. The Morgan fingerprint density at radius 2 is 1.12 bits per heavy atom. The molecule has 25 heavy (non-hydrogen) atoms. The highest BCUT2D eigenvalue weighted by atomic mass is 16.5. The summed E-state index contributed by atoms with van der Waals surface area (Å²) in [5, 5.41) is 4.72. The molecular weight excluding hydrogens is 308 g/mol. The van der Waals surface area contributed by atoms with Gasteiger partial charge in [0.1, 0.15) is 0 Å². The van der Waals surface area contributed by atoms with E-state index in [0.717, 1.165) is 33.0 Å². The maximum Gasteiger partial charge on any atom is 0.303 e. The number of hydrogen-bond donors (Lipinski definition) is 0. The molecule has 4 aromatic rings. The molecule has 2 nitrogen and oxygen atoms in total. The van der Waals surface area contributed by atoms with Crippen LogP contribution in [-0.2, 0) is 9.53 Å². The minimum atomic E-state index is -0.336. The zero-order chi connectivity index (χ0) is 17.0. The van der Waals surface area contributed by atoms with E-state index in [-0.39, 0.29) is 12.1 Å². The van der Waals surface area contributed by atoms with Crippen molar-refractivity contribution in [2.45, 2.75) is 13.0 Å². The molecule has 0 saturated heterocycles. The van der Waals surface area contributed by atoms with Crippen LogP contribution in [0.4, 0.5) is 0 Å². The van der Waals surface area contributed by atoms with Gasteiger partial charge in [-0.25, -0.2) is 0 Å². The third-order valence-electron chi connectivity index (χ3n) is 4.97. The van der Waals surface area contributed by atoms with E-state index in [1.807, 2.05) is 12.1 Å². The van der Waals surface area contributed by atoms with Crippen molar-refractivity contribution in [3.05, 3.63) is 83.9 Å². The van der Waals surface area contributed by atoms with Crippen LogP contribution in [0.3, 0.4) is 0 Å². The van der Waals surface area contributed by atoms with Gasteiger partial charge in [-0.2, -0.15) is 0 Å². The van der Waals surface area contributed by atoms with Crippen molar-refractivity contribution in [2.75, 3.05) is 0 Å². The normalized spacial score (nSPS) is 13.0. The summed E-state index contributed by atoms with van der Waals surface area (Å²) in [4.78, 5) is 11.7. The van der Waals surface area contributed by atoms with Crippen molar-refractivity contribution in [3.63, 3.8) is 0 Å². The minimum Gasteiger partial charge on any atom is -0.453 e. The molecule has 5 rings (SSSR count). The molecule has 0 saturated carbocycles. The smallest absolute Gasteiger partial charge is 0.303 e. The van der Waals surface area contributed by atoms with Gasteiger partial charge in [-0.05, 0) is 56.9 Å². The lowest BCUT2D eigenvalue weighted by molar-refractivity contribution is -0.144. The van der Waals surface area contributed by atoms with Crippen LogP contribution in [0, 0.1) is 0 Å². The van der Waals surface area contributed by atoms with Gasteiger partial charge in [0.2, 0.25) is 0 Å². The molecule has 0 unspecified atom stereocenters. The number of carbonyl (C=O) groups is 1. The average Bonchev–Trinajstić information content (AvgIpc) is 2.90. The first-order valence-electron chi connectivity index (χ1n) is 8.44. The maximum atomic E-state index is 11.7. The molecule has 0 spiro atoms. The molecular formula is C23H16O2. The van der Waals surface area contributed by atoms with Crippen LogP contribution < -0.4 is 0 Å². The van der Waals surface area contributed by atoms with E-state index in [4.69, 9.17) is 4.74 Å². The summed E-state index contributed by atoms with van der Waals surface area (Å²) in [6.07, 6.45) is -0.336. The first-order valence-corrected chi connectivity index (χ1v) is 8.44. The highest BCUT2D eigenvalue weighted by molar-refractivity contribution is 5.97. The lowest BCUT2D eigenvalue weighted by Crippen LogP contribution is -2.07. The molecule has 0 atom stereocenters. The van der Waals surface area contributed by atoms with Gasteiger partial charge in [0, 0.05) is 18.1 Å². The monoisotopic (exact) mass is 324 g/mol. The van der Waals surface area contributed by atoms with E-state index >= 15 is 0 Å². The van der Waals surface area contributed by atoms with E-state index in [0.29, 0.717) is 0 Å². The van der Waals surface area contributed by atoms with Gasteiger partial charge in [-0.3, -0.25) is 4.79 Å². The van der Waals surface area contributed by atoms with Crippen molar-refractivity contribution in [1.29, 1.82) is 0 Å². The van der Waals surface area contributed by atoms with E-state index in [9.17, 15) is 4.79 Å². The largest absolute Gasteiger partial charge is 0.453 e. The summed E-state index contributed by atoms with van der Waals surface area (Å²) in [7, 11) is 0. The third kappa shape index (κ3) is 2.14. The quantitative estimate of drug-likeness (QED) is 0.424. The van der Waals surface area contributed by atoms with Crippen molar-refractivity contribution in [2.24, 2.45) is 0 Å². The van der Waals surface area contributed by atoms with Crippen LogP contribution in [0.2, 0.25) is 0 Å². The SMILES string of the molecule is CC(=O)OC1c2cc3ccccc3cc2-c2cc3ccccc3cc21. The number of fused-ring (bicyclic) bond motifs is 5. The molecule has 0 amide bonds. The highest BCUT2D eigenvalue weighted by Crippen LogP contribution is 2.48. The number of rotatable bonds is 1. The van der Waals surface area contributed by atoms with Gasteiger partial charge < -0.3 is 4.74 Å². The van der Waals surface area contributed by atoms with Gasteiger partial charge in [0.05, 0.1) is 0 Å². The Morgan fingerprint density at radius 1 is 0.720 bits per heavy atom. The number of benzene rings is 4. The standard InChI is InChI=1S/C23H16O2/c1-14(24)25-23-21-12-17-8-4-2-6-15(17)10-19(21)20-11-16-7-3-5-9-18(16)13-22(20)23/h2-13,23H,1H3. The second-order valence-electron chi connectivity index (χ2n) is 6.56. The summed E-state index contributed by atoms with van der Waals surface area (Å²) >= 11 is 0. The van der Waals surface area contributed by atoms with Crippen LogP contribution in [0.15, 0.2) is 72.8 Å². The van der Waals surface area contributed by atoms with Gasteiger partial charge in [0.15, 0.2) is 6.10 Å². The Balaban J connectivity index is 1.84. The topological polar surface area (TPSA) is 26.3 Å². The number of esters is 1. The fraction of sp³-hybridized carbons (Fsp3) is 0.0870. The van der Waals surface area contributed by atoms with E-state index in [2.05, 4.69) is 60.7 Å². The molecule has 0 aliphatic heterocycles. The van der Waals surface area contributed by atoms with Gasteiger partial charge in [-0.1, -0.05) is 48.5 Å². The predicted molar refractivity (Wildman–Crippen MR) is 100 cm³/mol. The van der Waals surface area contributed by atoms with Crippen LogP contribution >= 0.6 is 0 Å². The molecule has 0 radical (unpaired) electrons. The fourth-order valence-corrected chi connectivity index (χ4v) is 3.88. The maximum absolute atomic E-state index is 11.7. The number of carbonyl (C=O) groups excluding carboxylic acids is 1. The summed E-state index contributed by atoms with van der Waals surface area (Å²) in [5.41, 5.74) is 4.45. The van der Waals surface area contributed by atoms with Crippen LogP contribution in [-0.4, -0.2) is 5.97 Å². The predicted octanol–water partition coefficient (Wildman–Crippen LogP) is 5.63. The van der Waals surface area contributed by atoms with E-state index in [1.54, 1.807) is 0 Å². The second kappa shape index (κ2) is 5.18. The van der Waals surface area contributed by atoms with Crippen LogP contribution in [0.5, 0.6) is 0 Å². The van der Waals surface area contributed by atoms with Crippen molar-refractivity contribution < 1.29 is 9.53 Å². The lowest BCUT2D eigenvalue weighted by Gasteiger charge is -2.14. The Hall–Kier alpha value is -3.13. The van der Waals surface area contributed by atoms with Crippen molar-refractivity contribution in [1.82, 2.24) is 0 Å². The van der Waals surface area contributed by atoms with Gasteiger partial charge in [-0.15, -0.1) is 0 Å². The Labute approximate surface area is 145 Å². The number of hydrogen-bond acceptors (Lipinski definition) is 2. The fourth-order valence-electron chi connectivity index (χ4n) is 3.88. The zero-order valence-electron chi connectivity index (χ0n) is 13.8. The van der Waals surface area contributed by atoms with Crippen molar-refractivity contribution >= 4 is 27.5 Å². The molecule has 0 heterocycles. The molecule has 1 aliphatic rings. The molecule has 2 heteroatoms. The number of ether oxygens (including phenoxy) is 1. The molecule has 0 N–H and O–H groups in total. The van der Waals surface area contributed by atoms with Crippen molar-refractivity contribution in [3.8, 4) is 11.1 Å². The summed E-state index contributed by atoms with van der Waals surface area (Å²) in [6, 6.07) is 25.3. The Morgan fingerprint density at radius 3 is 1.52 bits per heavy atom. The first kappa shape index (κ1) is 14.2. The Bertz CT molecular complexity index is 1070. The van der Waals surface area contributed by atoms with E-state index in [1.165, 1.54) is 17.7 Å². The summed E-state index contributed by atoms with van der Waals surface area (Å²) < 4.78 is 5.72. The molecule has 0 fully saturated rings. The molecule has 0 aromatic heterocycles. The van der Waals surface area contributed by atoms with Gasteiger partial charge in [0.25, 0.3) is 0 Å². The molecule has 1 aliphatic carbocycles. The second-order valence-corrected chi connectivity index (χ2v) is 6.56. The Kier molecular flexibility index (Phi) is 2.95. The average molecular weight is 324 g/mol. The first-order chi connectivity index (χ1) is 12.2. The molecule has 0 bridgehead atoms. The minimum absolute atomic E-state index is 0.259.